The molecular weight excluding hydrogens is 260 g/mol. The molecule has 1 amide bonds. The first kappa shape index (κ1) is 16.0. The number of aryl methyl sites for hydroxylation is 1. The summed E-state index contributed by atoms with van der Waals surface area (Å²) in [6.45, 7) is 6.22. The van der Waals surface area contributed by atoms with Crippen LogP contribution in [0.5, 0.6) is 0 Å². The molecule has 1 fully saturated rings. The SMILES string of the molecule is CCc1ccc(C(C)NC(C)C(=O)NC2CCCC2)cc1. The molecule has 0 heterocycles. The summed E-state index contributed by atoms with van der Waals surface area (Å²) in [5.41, 5.74) is 2.57. The third kappa shape index (κ3) is 4.57. The second-order valence-electron chi connectivity index (χ2n) is 6.20. The van der Waals surface area contributed by atoms with Gasteiger partial charge in [-0.2, -0.15) is 0 Å². The summed E-state index contributed by atoms with van der Waals surface area (Å²) >= 11 is 0. The minimum atomic E-state index is -0.161. The lowest BCUT2D eigenvalue weighted by Crippen LogP contribution is -2.46. The zero-order valence-corrected chi connectivity index (χ0v) is 13.5. The first-order chi connectivity index (χ1) is 10.1. The van der Waals surface area contributed by atoms with E-state index >= 15 is 0 Å². The van der Waals surface area contributed by atoms with Gasteiger partial charge in [0.2, 0.25) is 5.91 Å². The third-order valence-electron chi connectivity index (χ3n) is 4.48. The summed E-state index contributed by atoms with van der Waals surface area (Å²) in [6, 6.07) is 9.04. The van der Waals surface area contributed by atoms with Crippen molar-refractivity contribution in [3.05, 3.63) is 35.4 Å². The van der Waals surface area contributed by atoms with E-state index in [9.17, 15) is 4.79 Å². The fraction of sp³-hybridized carbons (Fsp3) is 0.611. The maximum Gasteiger partial charge on any atom is 0.237 e. The molecule has 0 radical (unpaired) electrons. The molecule has 1 aliphatic rings. The lowest BCUT2D eigenvalue weighted by molar-refractivity contribution is -0.123. The van der Waals surface area contributed by atoms with E-state index in [4.69, 9.17) is 0 Å². The standard InChI is InChI=1S/C18H28N2O/c1-4-15-9-11-16(12-10-15)13(2)19-14(3)18(21)20-17-7-5-6-8-17/h9-14,17,19H,4-8H2,1-3H3,(H,20,21). The highest BCUT2D eigenvalue weighted by atomic mass is 16.2. The number of amides is 1. The van der Waals surface area contributed by atoms with Crippen LogP contribution in [0, 0.1) is 0 Å². The normalized spacial score (nSPS) is 18.4. The van der Waals surface area contributed by atoms with Gasteiger partial charge in [-0.25, -0.2) is 0 Å². The van der Waals surface area contributed by atoms with Gasteiger partial charge in [0, 0.05) is 12.1 Å². The summed E-state index contributed by atoms with van der Waals surface area (Å²) in [6.07, 6.45) is 5.81. The number of rotatable bonds is 6. The zero-order valence-electron chi connectivity index (χ0n) is 13.5. The molecule has 2 atom stereocenters. The smallest absolute Gasteiger partial charge is 0.237 e. The van der Waals surface area contributed by atoms with Crippen LogP contribution in [0.25, 0.3) is 0 Å². The maximum absolute atomic E-state index is 12.2. The number of hydrogen-bond donors (Lipinski definition) is 2. The highest BCUT2D eigenvalue weighted by Gasteiger charge is 2.21. The molecule has 1 saturated carbocycles. The highest BCUT2D eigenvalue weighted by Crippen LogP contribution is 2.18. The van der Waals surface area contributed by atoms with Crippen LogP contribution < -0.4 is 10.6 Å². The van der Waals surface area contributed by atoms with Crippen molar-refractivity contribution in [3.63, 3.8) is 0 Å². The summed E-state index contributed by atoms with van der Waals surface area (Å²) in [4.78, 5) is 12.2. The fourth-order valence-electron chi connectivity index (χ4n) is 2.99. The van der Waals surface area contributed by atoms with Crippen LogP contribution in [-0.2, 0) is 11.2 Å². The highest BCUT2D eigenvalue weighted by molar-refractivity contribution is 5.81. The summed E-state index contributed by atoms with van der Waals surface area (Å²) < 4.78 is 0. The number of benzene rings is 1. The van der Waals surface area contributed by atoms with E-state index in [0.29, 0.717) is 6.04 Å². The zero-order chi connectivity index (χ0) is 15.2. The van der Waals surface area contributed by atoms with E-state index in [-0.39, 0.29) is 18.0 Å². The van der Waals surface area contributed by atoms with Gasteiger partial charge in [0.05, 0.1) is 6.04 Å². The molecule has 0 bridgehead atoms. The maximum atomic E-state index is 12.2. The van der Waals surface area contributed by atoms with Gasteiger partial charge < -0.3 is 5.32 Å². The van der Waals surface area contributed by atoms with Crippen molar-refractivity contribution < 1.29 is 4.79 Å². The van der Waals surface area contributed by atoms with Crippen LogP contribution in [0.1, 0.15) is 63.6 Å². The quantitative estimate of drug-likeness (QED) is 0.843. The molecule has 0 aromatic heterocycles. The van der Waals surface area contributed by atoms with Crippen molar-refractivity contribution in [1.82, 2.24) is 10.6 Å². The van der Waals surface area contributed by atoms with Gasteiger partial charge in [0.15, 0.2) is 0 Å². The van der Waals surface area contributed by atoms with Gasteiger partial charge in [-0.05, 0) is 44.2 Å². The number of hydrogen-bond acceptors (Lipinski definition) is 2. The van der Waals surface area contributed by atoms with Crippen LogP contribution in [0.2, 0.25) is 0 Å². The fourth-order valence-corrected chi connectivity index (χ4v) is 2.99. The molecule has 0 saturated heterocycles. The molecule has 1 aliphatic carbocycles. The monoisotopic (exact) mass is 288 g/mol. The third-order valence-corrected chi connectivity index (χ3v) is 4.48. The summed E-state index contributed by atoms with van der Waals surface area (Å²) in [7, 11) is 0. The van der Waals surface area contributed by atoms with E-state index < -0.39 is 0 Å². The number of carbonyl (C=O) groups is 1. The lowest BCUT2D eigenvalue weighted by atomic mass is 10.0. The van der Waals surface area contributed by atoms with Crippen LogP contribution in [-0.4, -0.2) is 18.0 Å². The Kier molecular flexibility index (Phi) is 5.80. The first-order valence-corrected chi connectivity index (χ1v) is 8.25. The molecule has 2 rings (SSSR count). The predicted molar refractivity (Wildman–Crippen MR) is 87.2 cm³/mol. The van der Waals surface area contributed by atoms with Gasteiger partial charge in [0.1, 0.15) is 0 Å². The van der Waals surface area contributed by atoms with Gasteiger partial charge in [-0.15, -0.1) is 0 Å². The molecule has 116 valence electrons. The Bertz CT molecular complexity index is 449. The Hall–Kier alpha value is -1.35. The molecular formula is C18H28N2O. The second-order valence-corrected chi connectivity index (χ2v) is 6.20. The Labute approximate surface area is 128 Å². The summed E-state index contributed by atoms with van der Waals surface area (Å²) in [5, 5.41) is 6.55. The van der Waals surface area contributed by atoms with Gasteiger partial charge in [-0.1, -0.05) is 44.0 Å². The molecule has 2 N–H and O–H groups in total. The van der Waals surface area contributed by atoms with Crippen molar-refractivity contribution in [3.8, 4) is 0 Å². The summed E-state index contributed by atoms with van der Waals surface area (Å²) in [5.74, 6) is 0.124. The van der Waals surface area contributed by atoms with E-state index in [2.05, 4.69) is 48.7 Å². The van der Waals surface area contributed by atoms with Gasteiger partial charge in [-0.3, -0.25) is 10.1 Å². The second kappa shape index (κ2) is 7.60. The minimum absolute atomic E-state index is 0.124. The van der Waals surface area contributed by atoms with Crippen molar-refractivity contribution >= 4 is 5.91 Å². The van der Waals surface area contributed by atoms with E-state index in [1.807, 2.05) is 6.92 Å². The molecule has 21 heavy (non-hydrogen) atoms. The topological polar surface area (TPSA) is 41.1 Å². The van der Waals surface area contributed by atoms with E-state index in [1.165, 1.54) is 24.0 Å². The van der Waals surface area contributed by atoms with Crippen molar-refractivity contribution in [2.75, 3.05) is 0 Å². The average molecular weight is 288 g/mol. The predicted octanol–water partition coefficient (Wildman–Crippen LogP) is 3.35. The van der Waals surface area contributed by atoms with Gasteiger partial charge in [0.25, 0.3) is 0 Å². The van der Waals surface area contributed by atoms with Crippen LogP contribution in [0.15, 0.2) is 24.3 Å². The van der Waals surface area contributed by atoms with Crippen molar-refractivity contribution in [1.29, 1.82) is 0 Å². The Balaban J connectivity index is 1.84. The average Bonchev–Trinajstić information content (AvgIpc) is 3.00. The molecule has 3 nitrogen and oxygen atoms in total. The number of nitrogens with one attached hydrogen (secondary N) is 2. The van der Waals surface area contributed by atoms with E-state index in [0.717, 1.165) is 19.3 Å². The van der Waals surface area contributed by atoms with Crippen LogP contribution >= 0.6 is 0 Å². The molecule has 3 heteroatoms. The molecule has 0 aliphatic heterocycles. The minimum Gasteiger partial charge on any atom is -0.352 e. The van der Waals surface area contributed by atoms with Crippen LogP contribution in [0.3, 0.4) is 0 Å². The Morgan fingerprint density at radius 2 is 1.81 bits per heavy atom. The molecule has 1 aromatic rings. The number of carbonyl (C=O) groups excluding carboxylic acids is 1. The Morgan fingerprint density at radius 1 is 1.19 bits per heavy atom. The van der Waals surface area contributed by atoms with E-state index in [1.54, 1.807) is 0 Å². The molecule has 0 spiro atoms. The molecule has 1 aromatic carbocycles. The van der Waals surface area contributed by atoms with Crippen LogP contribution in [0.4, 0.5) is 0 Å². The lowest BCUT2D eigenvalue weighted by Gasteiger charge is -2.22. The largest absolute Gasteiger partial charge is 0.352 e. The molecule has 2 unspecified atom stereocenters. The van der Waals surface area contributed by atoms with Crippen molar-refractivity contribution in [2.45, 2.75) is 71.0 Å². The van der Waals surface area contributed by atoms with Gasteiger partial charge >= 0.3 is 0 Å². The Morgan fingerprint density at radius 3 is 2.38 bits per heavy atom. The first-order valence-electron chi connectivity index (χ1n) is 8.25. The van der Waals surface area contributed by atoms with Crippen molar-refractivity contribution in [2.24, 2.45) is 0 Å².